The summed E-state index contributed by atoms with van der Waals surface area (Å²) >= 11 is 0. The highest BCUT2D eigenvalue weighted by Crippen LogP contribution is 2.25. The fourth-order valence-corrected chi connectivity index (χ4v) is 4.02. The van der Waals surface area contributed by atoms with Gasteiger partial charge in [0.15, 0.2) is 5.65 Å². The number of ether oxygens (including phenoxy) is 1. The molecule has 2 saturated heterocycles. The summed E-state index contributed by atoms with van der Waals surface area (Å²) in [4.78, 5) is 27.0. The second-order valence-corrected chi connectivity index (χ2v) is 7.60. The number of fused-ring (bicyclic) bond motifs is 1. The highest BCUT2D eigenvalue weighted by molar-refractivity contribution is 5.73. The first-order valence-electron chi connectivity index (χ1n) is 10.3. The number of rotatable bonds is 3. The number of aromatic nitrogens is 4. The van der Waals surface area contributed by atoms with E-state index in [1.54, 1.807) is 6.92 Å². The Bertz CT molecular complexity index is 1050. The number of hydrogen-bond donors (Lipinski definition) is 0. The zero-order valence-electron chi connectivity index (χ0n) is 17.1. The monoisotopic (exact) mass is 407 g/mol. The van der Waals surface area contributed by atoms with Crippen LogP contribution < -0.4 is 9.80 Å². The first kappa shape index (κ1) is 18.8. The summed E-state index contributed by atoms with van der Waals surface area (Å²) in [6.45, 7) is 7.76. The predicted molar refractivity (Wildman–Crippen MR) is 114 cm³/mol. The van der Waals surface area contributed by atoms with E-state index < -0.39 is 0 Å². The third kappa shape index (κ3) is 3.56. The van der Waals surface area contributed by atoms with Gasteiger partial charge in [0.05, 0.1) is 25.1 Å². The average molecular weight is 407 g/mol. The average Bonchev–Trinajstić information content (AvgIpc) is 3.23. The molecule has 0 atom stereocenters. The molecule has 0 bridgehead atoms. The van der Waals surface area contributed by atoms with Crippen LogP contribution in [0.1, 0.15) is 6.92 Å². The van der Waals surface area contributed by atoms with Gasteiger partial charge < -0.3 is 19.4 Å². The number of nitrogens with zero attached hydrogens (tertiary/aromatic N) is 7. The molecule has 0 saturated carbocycles. The lowest BCUT2D eigenvalue weighted by molar-refractivity contribution is -0.129. The minimum Gasteiger partial charge on any atom is -0.378 e. The van der Waals surface area contributed by atoms with Gasteiger partial charge in [0.1, 0.15) is 11.6 Å². The van der Waals surface area contributed by atoms with Gasteiger partial charge in [-0.1, -0.05) is 0 Å². The summed E-state index contributed by atoms with van der Waals surface area (Å²) in [5.41, 5.74) is 2.77. The molecule has 0 radical (unpaired) electrons. The van der Waals surface area contributed by atoms with Gasteiger partial charge in [-0.3, -0.25) is 4.79 Å². The van der Waals surface area contributed by atoms with Gasteiger partial charge in [-0.25, -0.2) is 14.5 Å². The SMILES string of the molecule is CC(=O)N1CCN(c2cc(-c3cnc4ccc(N5CCOCC5)nn34)ccn2)CC1. The van der Waals surface area contributed by atoms with Gasteiger partial charge >= 0.3 is 0 Å². The zero-order valence-corrected chi connectivity index (χ0v) is 17.1. The van der Waals surface area contributed by atoms with Gasteiger partial charge in [0.25, 0.3) is 0 Å². The summed E-state index contributed by atoms with van der Waals surface area (Å²) in [6.07, 6.45) is 3.69. The summed E-state index contributed by atoms with van der Waals surface area (Å²) in [5, 5.41) is 4.85. The van der Waals surface area contributed by atoms with Crippen LogP contribution in [-0.2, 0) is 9.53 Å². The number of anilines is 2. The van der Waals surface area contributed by atoms with E-state index in [1.807, 2.05) is 40.0 Å². The smallest absolute Gasteiger partial charge is 0.219 e. The Kier molecular flexibility index (Phi) is 4.96. The number of amides is 1. The Hall–Kier alpha value is -3.20. The summed E-state index contributed by atoms with van der Waals surface area (Å²) in [7, 11) is 0. The Morgan fingerprint density at radius 3 is 2.47 bits per heavy atom. The number of carbonyl (C=O) groups excluding carboxylic acids is 1. The Labute approximate surface area is 174 Å². The first-order valence-corrected chi connectivity index (χ1v) is 10.3. The molecule has 0 unspecified atom stereocenters. The predicted octanol–water partition coefficient (Wildman–Crippen LogP) is 1.30. The van der Waals surface area contributed by atoms with Crippen LogP contribution in [0.4, 0.5) is 11.6 Å². The molecule has 5 rings (SSSR count). The molecule has 0 N–H and O–H groups in total. The summed E-state index contributed by atoms with van der Waals surface area (Å²) < 4.78 is 7.36. The lowest BCUT2D eigenvalue weighted by Crippen LogP contribution is -2.48. The standard InChI is InChI=1S/C21H25N7O2/c1-16(29)25-6-8-26(9-7-25)21-14-17(4-5-22-21)18-15-23-19-2-3-20(24-28(18)19)27-10-12-30-13-11-27/h2-5,14-15H,6-13H2,1H3. The normalized spacial score (nSPS) is 17.6. The molecule has 156 valence electrons. The van der Waals surface area contributed by atoms with E-state index in [0.29, 0.717) is 0 Å². The van der Waals surface area contributed by atoms with Crippen molar-refractivity contribution in [1.82, 2.24) is 24.5 Å². The van der Waals surface area contributed by atoms with Crippen molar-refractivity contribution in [3.8, 4) is 11.3 Å². The third-order valence-electron chi connectivity index (χ3n) is 5.77. The minimum atomic E-state index is 0.129. The number of carbonyl (C=O) groups is 1. The van der Waals surface area contributed by atoms with E-state index in [9.17, 15) is 4.79 Å². The molecular weight excluding hydrogens is 382 g/mol. The maximum Gasteiger partial charge on any atom is 0.219 e. The van der Waals surface area contributed by atoms with E-state index >= 15 is 0 Å². The molecule has 2 aliphatic heterocycles. The second kappa shape index (κ2) is 7.91. The van der Waals surface area contributed by atoms with E-state index in [2.05, 4.69) is 25.8 Å². The van der Waals surface area contributed by atoms with E-state index in [0.717, 1.165) is 81.0 Å². The number of imidazole rings is 1. The number of morpholine rings is 1. The van der Waals surface area contributed by atoms with Crippen molar-refractivity contribution in [3.63, 3.8) is 0 Å². The van der Waals surface area contributed by atoms with Crippen molar-refractivity contribution in [2.24, 2.45) is 0 Å². The molecule has 0 aromatic carbocycles. The largest absolute Gasteiger partial charge is 0.378 e. The lowest BCUT2D eigenvalue weighted by atomic mass is 10.2. The van der Waals surface area contributed by atoms with Crippen LogP contribution in [0, 0.1) is 0 Å². The summed E-state index contributed by atoms with van der Waals surface area (Å²) in [5.74, 6) is 1.97. The maximum absolute atomic E-state index is 11.6. The van der Waals surface area contributed by atoms with Crippen molar-refractivity contribution in [3.05, 3.63) is 36.7 Å². The van der Waals surface area contributed by atoms with E-state index in [-0.39, 0.29) is 5.91 Å². The van der Waals surface area contributed by atoms with Crippen LogP contribution in [0.5, 0.6) is 0 Å². The van der Waals surface area contributed by atoms with Crippen molar-refractivity contribution >= 4 is 23.2 Å². The minimum absolute atomic E-state index is 0.129. The molecule has 9 heteroatoms. The van der Waals surface area contributed by atoms with Crippen LogP contribution in [-0.4, -0.2) is 82.9 Å². The first-order chi connectivity index (χ1) is 14.7. The number of piperazine rings is 1. The molecule has 5 heterocycles. The van der Waals surface area contributed by atoms with Crippen molar-refractivity contribution in [2.45, 2.75) is 6.92 Å². The fourth-order valence-electron chi connectivity index (χ4n) is 4.02. The Balaban J connectivity index is 1.43. The molecule has 2 aliphatic rings. The number of pyridine rings is 1. The van der Waals surface area contributed by atoms with Crippen LogP contribution in [0.2, 0.25) is 0 Å². The molecule has 2 fully saturated rings. The van der Waals surface area contributed by atoms with Crippen molar-refractivity contribution in [1.29, 1.82) is 0 Å². The Morgan fingerprint density at radius 1 is 0.933 bits per heavy atom. The van der Waals surface area contributed by atoms with Gasteiger partial charge in [0.2, 0.25) is 5.91 Å². The Morgan fingerprint density at radius 2 is 1.70 bits per heavy atom. The molecule has 9 nitrogen and oxygen atoms in total. The number of hydrogen-bond acceptors (Lipinski definition) is 7. The second-order valence-electron chi connectivity index (χ2n) is 7.60. The van der Waals surface area contributed by atoms with Crippen molar-refractivity contribution < 1.29 is 9.53 Å². The van der Waals surface area contributed by atoms with Gasteiger partial charge in [-0.05, 0) is 24.3 Å². The lowest BCUT2D eigenvalue weighted by Gasteiger charge is -2.35. The highest BCUT2D eigenvalue weighted by Gasteiger charge is 2.20. The quantitative estimate of drug-likeness (QED) is 0.647. The van der Waals surface area contributed by atoms with Crippen LogP contribution >= 0.6 is 0 Å². The molecule has 1 amide bonds. The zero-order chi connectivity index (χ0) is 20.5. The fraction of sp³-hybridized carbons (Fsp3) is 0.429. The maximum atomic E-state index is 11.6. The highest BCUT2D eigenvalue weighted by atomic mass is 16.5. The van der Waals surface area contributed by atoms with E-state index in [4.69, 9.17) is 9.84 Å². The molecule has 3 aromatic rings. The van der Waals surface area contributed by atoms with Gasteiger partial charge in [-0.15, -0.1) is 5.10 Å². The van der Waals surface area contributed by atoms with Crippen molar-refractivity contribution in [2.75, 3.05) is 62.3 Å². The third-order valence-corrected chi connectivity index (χ3v) is 5.77. The van der Waals surface area contributed by atoms with Crippen LogP contribution in [0.3, 0.4) is 0 Å². The van der Waals surface area contributed by atoms with Crippen LogP contribution in [0.15, 0.2) is 36.7 Å². The van der Waals surface area contributed by atoms with E-state index in [1.165, 1.54) is 0 Å². The summed E-state index contributed by atoms with van der Waals surface area (Å²) in [6, 6.07) is 8.09. The molecular formula is C21H25N7O2. The van der Waals surface area contributed by atoms with Gasteiger partial charge in [-0.2, -0.15) is 0 Å². The van der Waals surface area contributed by atoms with Crippen LogP contribution in [0.25, 0.3) is 16.9 Å². The molecule has 30 heavy (non-hydrogen) atoms. The topological polar surface area (TPSA) is 79.1 Å². The molecule has 3 aromatic heterocycles. The van der Waals surface area contributed by atoms with Gasteiger partial charge in [0, 0.05) is 58.0 Å². The molecule has 0 spiro atoms. The molecule has 0 aliphatic carbocycles.